The van der Waals surface area contributed by atoms with Crippen molar-refractivity contribution in [2.75, 3.05) is 6.26 Å². The summed E-state index contributed by atoms with van der Waals surface area (Å²) in [5.74, 6) is 0. The molecule has 0 unspecified atom stereocenters. The van der Waals surface area contributed by atoms with Gasteiger partial charge in [0, 0.05) is 11.8 Å². The summed E-state index contributed by atoms with van der Waals surface area (Å²) in [5.41, 5.74) is 1.04. The van der Waals surface area contributed by atoms with Gasteiger partial charge in [0.25, 0.3) is 0 Å². The molecule has 70 valence electrons. The standard InChI is InChI=1S/C9H10O3S/c1-7-3-4-8(6-10)5-9(7)13(2,11)12/h3-6H,1-2H3. The van der Waals surface area contributed by atoms with Gasteiger partial charge in [-0.1, -0.05) is 12.1 Å². The van der Waals surface area contributed by atoms with Crippen LogP contribution in [0.3, 0.4) is 0 Å². The highest BCUT2D eigenvalue weighted by molar-refractivity contribution is 7.90. The van der Waals surface area contributed by atoms with E-state index in [0.717, 1.165) is 6.26 Å². The van der Waals surface area contributed by atoms with Gasteiger partial charge in [-0.2, -0.15) is 0 Å². The van der Waals surface area contributed by atoms with E-state index in [2.05, 4.69) is 0 Å². The Hall–Kier alpha value is -1.16. The molecule has 0 spiro atoms. The highest BCUT2D eigenvalue weighted by atomic mass is 32.2. The minimum Gasteiger partial charge on any atom is -0.298 e. The normalized spacial score (nSPS) is 11.2. The maximum Gasteiger partial charge on any atom is 0.175 e. The molecule has 1 aromatic rings. The number of sulfone groups is 1. The van der Waals surface area contributed by atoms with Crippen molar-refractivity contribution in [3.63, 3.8) is 0 Å². The number of aldehydes is 1. The number of carbonyl (C=O) groups excluding carboxylic acids is 1. The second-order valence-electron chi connectivity index (χ2n) is 2.91. The van der Waals surface area contributed by atoms with Gasteiger partial charge in [0.2, 0.25) is 0 Å². The third-order valence-electron chi connectivity index (χ3n) is 1.75. The van der Waals surface area contributed by atoms with Gasteiger partial charge < -0.3 is 0 Å². The topological polar surface area (TPSA) is 51.2 Å². The fourth-order valence-corrected chi connectivity index (χ4v) is 2.09. The Morgan fingerprint density at radius 2 is 1.92 bits per heavy atom. The van der Waals surface area contributed by atoms with E-state index < -0.39 is 9.84 Å². The summed E-state index contributed by atoms with van der Waals surface area (Å²) < 4.78 is 22.4. The molecule has 0 aromatic heterocycles. The molecular formula is C9H10O3S. The van der Waals surface area contributed by atoms with Crippen LogP contribution in [0.4, 0.5) is 0 Å². The molecule has 1 aromatic carbocycles. The van der Waals surface area contributed by atoms with Crippen molar-refractivity contribution in [3.8, 4) is 0 Å². The molecule has 0 bridgehead atoms. The molecule has 3 nitrogen and oxygen atoms in total. The van der Waals surface area contributed by atoms with Crippen molar-refractivity contribution in [1.29, 1.82) is 0 Å². The van der Waals surface area contributed by atoms with Gasteiger partial charge in [0.05, 0.1) is 4.90 Å². The molecule has 0 saturated carbocycles. The Kier molecular flexibility index (Phi) is 2.52. The van der Waals surface area contributed by atoms with E-state index in [1.54, 1.807) is 19.1 Å². The Bertz CT molecular complexity index is 432. The molecule has 0 atom stereocenters. The zero-order chi connectivity index (χ0) is 10.1. The van der Waals surface area contributed by atoms with Crippen molar-refractivity contribution in [2.24, 2.45) is 0 Å². The van der Waals surface area contributed by atoms with Crippen LogP contribution in [0.25, 0.3) is 0 Å². The van der Waals surface area contributed by atoms with Gasteiger partial charge in [-0.3, -0.25) is 4.79 Å². The minimum atomic E-state index is -3.22. The summed E-state index contributed by atoms with van der Waals surface area (Å²) >= 11 is 0. The van der Waals surface area contributed by atoms with E-state index >= 15 is 0 Å². The summed E-state index contributed by atoms with van der Waals surface area (Å²) in [7, 11) is -3.22. The molecule has 0 saturated heterocycles. The zero-order valence-electron chi connectivity index (χ0n) is 7.44. The molecule has 0 aliphatic rings. The first-order valence-corrected chi connectivity index (χ1v) is 5.60. The first-order valence-electron chi connectivity index (χ1n) is 3.71. The fourth-order valence-electron chi connectivity index (χ4n) is 1.09. The highest BCUT2D eigenvalue weighted by Crippen LogP contribution is 2.15. The molecule has 0 fully saturated rings. The SMILES string of the molecule is Cc1ccc(C=O)cc1S(C)(=O)=O. The monoisotopic (exact) mass is 198 g/mol. The van der Waals surface area contributed by atoms with Crippen LogP contribution >= 0.6 is 0 Å². The largest absolute Gasteiger partial charge is 0.298 e. The lowest BCUT2D eigenvalue weighted by Crippen LogP contribution is -2.00. The molecule has 13 heavy (non-hydrogen) atoms. The lowest BCUT2D eigenvalue weighted by Gasteiger charge is -2.02. The van der Waals surface area contributed by atoms with Crippen molar-refractivity contribution in [3.05, 3.63) is 29.3 Å². The van der Waals surface area contributed by atoms with Crippen LogP contribution in [0.1, 0.15) is 15.9 Å². The van der Waals surface area contributed by atoms with Crippen LogP contribution < -0.4 is 0 Å². The van der Waals surface area contributed by atoms with Crippen LogP contribution in [-0.4, -0.2) is 21.0 Å². The van der Waals surface area contributed by atoms with Crippen LogP contribution in [0.5, 0.6) is 0 Å². The number of rotatable bonds is 2. The lowest BCUT2D eigenvalue weighted by molar-refractivity contribution is 0.112. The molecule has 0 amide bonds. The Balaban J connectivity index is 3.44. The van der Waals surface area contributed by atoms with E-state index in [-0.39, 0.29) is 4.90 Å². The molecular weight excluding hydrogens is 188 g/mol. The number of aryl methyl sites for hydroxylation is 1. The zero-order valence-corrected chi connectivity index (χ0v) is 8.26. The van der Waals surface area contributed by atoms with E-state index in [4.69, 9.17) is 0 Å². The van der Waals surface area contributed by atoms with Crippen molar-refractivity contribution >= 4 is 16.1 Å². The number of carbonyl (C=O) groups is 1. The van der Waals surface area contributed by atoms with Gasteiger partial charge in [-0.25, -0.2) is 8.42 Å². The Morgan fingerprint density at radius 3 is 2.38 bits per heavy atom. The van der Waals surface area contributed by atoms with E-state index in [1.165, 1.54) is 6.07 Å². The molecule has 0 radical (unpaired) electrons. The third kappa shape index (κ3) is 2.15. The third-order valence-corrected chi connectivity index (χ3v) is 2.99. The first-order chi connectivity index (χ1) is 5.95. The van der Waals surface area contributed by atoms with E-state index in [0.29, 0.717) is 17.4 Å². The predicted octanol–water partition coefficient (Wildman–Crippen LogP) is 1.21. The predicted molar refractivity (Wildman–Crippen MR) is 49.7 cm³/mol. The van der Waals surface area contributed by atoms with E-state index in [1.807, 2.05) is 0 Å². The molecule has 0 aliphatic carbocycles. The Labute approximate surface area is 77.3 Å². The molecule has 0 N–H and O–H groups in total. The van der Waals surface area contributed by atoms with Crippen LogP contribution in [0, 0.1) is 6.92 Å². The summed E-state index contributed by atoms with van der Waals surface area (Å²) in [6.07, 6.45) is 1.76. The molecule has 0 aliphatic heterocycles. The average molecular weight is 198 g/mol. The van der Waals surface area contributed by atoms with Gasteiger partial charge in [-0.15, -0.1) is 0 Å². The number of benzene rings is 1. The summed E-state index contributed by atoms with van der Waals surface area (Å²) in [6.45, 7) is 1.70. The minimum absolute atomic E-state index is 0.220. The van der Waals surface area contributed by atoms with Crippen molar-refractivity contribution in [1.82, 2.24) is 0 Å². The smallest absolute Gasteiger partial charge is 0.175 e. The van der Waals surface area contributed by atoms with Gasteiger partial charge >= 0.3 is 0 Å². The lowest BCUT2D eigenvalue weighted by atomic mass is 10.2. The summed E-state index contributed by atoms with van der Waals surface area (Å²) in [5, 5.41) is 0. The van der Waals surface area contributed by atoms with Gasteiger partial charge in [-0.05, 0) is 18.6 Å². The quantitative estimate of drug-likeness (QED) is 0.671. The first kappa shape index (κ1) is 9.92. The second-order valence-corrected chi connectivity index (χ2v) is 4.90. The average Bonchev–Trinajstić information content (AvgIpc) is 2.03. The fraction of sp³-hybridized carbons (Fsp3) is 0.222. The molecule has 1 rings (SSSR count). The summed E-state index contributed by atoms with van der Waals surface area (Å²) in [4.78, 5) is 10.6. The maximum absolute atomic E-state index is 11.2. The maximum atomic E-state index is 11.2. The number of hydrogen-bond donors (Lipinski definition) is 0. The van der Waals surface area contributed by atoms with Crippen molar-refractivity contribution < 1.29 is 13.2 Å². The second kappa shape index (κ2) is 3.30. The van der Waals surface area contributed by atoms with Crippen molar-refractivity contribution in [2.45, 2.75) is 11.8 Å². The van der Waals surface area contributed by atoms with Gasteiger partial charge in [0.1, 0.15) is 6.29 Å². The van der Waals surface area contributed by atoms with Gasteiger partial charge in [0.15, 0.2) is 9.84 Å². The number of hydrogen-bond acceptors (Lipinski definition) is 3. The van der Waals surface area contributed by atoms with Crippen LogP contribution in [-0.2, 0) is 9.84 Å². The molecule has 4 heteroatoms. The van der Waals surface area contributed by atoms with Crippen LogP contribution in [0.2, 0.25) is 0 Å². The van der Waals surface area contributed by atoms with E-state index in [9.17, 15) is 13.2 Å². The van der Waals surface area contributed by atoms with Crippen LogP contribution in [0.15, 0.2) is 23.1 Å². The molecule has 0 heterocycles. The highest BCUT2D eigenvalue weighted by Gasteiger charge is 2.10. The Morgan fingerprint density at radius 1 is 1.31 bits per heavy atom. The summed E-state index contributed by atoms with van der Waals surface area (Å²) in [6, 6.07) is 4.61.